The lowest BCUT2D eigenvalue weighted by molar-refractivity contribution is -0.000875. The molecule has 0 radical (unpaired) electrons. The number of H-pyrrole nitrogens is 1. The van der Waals surface area contributed by atoms with Gasteiger partial charge < -0.3 is 14.5 Å². The Morgan fingerprint density at radius 2 is 2.11 bits per heavy atom. The summed E-state index contributed by atoms with van der Waals surface area (Å²) in [5.41, 5.74) is 1.10. The van der Waals surface area contributed by atoms with Gasteiger partial charge in [-0.1, -0.05) is 28.1 Å². The summed E-state index contributed by atoms with van der Waals surface area (Å²) in [5, 5.41) is 0. The zero-order chi connectivity index (χ0) is 12.8. The van der Waals surface area contributed by atoms with Crippen LogP contribution >= 0.6 is 15.9 Å². The van der Waals surface area contributed by atoms with E-state index in [0.717, 1.165) is 15.9 Å². The quantitative estimate of drug-likeness (QED) is 0.892. The topological polar surface area (TPSA) is 47.1 Å². The molecule has 0 aliphatic rings. The van der Waals surface area contributed by atoms with Crippen molar-refractivity contribution >= 4 is 15.9 Å². The minimum absolute atomic E-state index is 0.0620. The third-order valence-corrected chi connectivity index (χ3v) is 3.12. The maximum Gasteiger partial charge on any atom is 0.132 e. The average Bonchev–Trinajstić information content (AvgIpc) is 2.89. The van der Waals surface area contributed by atoms with Crippen molar-refractivity contribution in [3.05, 3.63) is 52.5 Å². The summed E-state index contributed by atoms with van der Waals surface area (Å²) in [5.74, 6) is 0.820. The molecule has 0 spiro atoms. The number of methoxy groups -OCH3 is 1. The Morgan fingerprint density at radius 3 is 2.72 bits per heavy atom. The standard InChI is InChI=1S/C13H15BrN2O2/c1-17-12(10-2-4-11(14)5-3-10)8-18-9-13-15-6-7-16-13/h2-7,12H,8-9H2,1H3,(H,15,16). The first-order chi connectivity index (χ1) is 8.79. The van der Waals surface area contributed by atoms with Crippen molar-refractivity contribution in [1.29, 1.82) is 0 Å². The highest BCUT2D eigenvalue weighted by atomic mass is 79.9. The van der Waals surface area contributed by atoms with Gasteiger partial charge in [-0.2, -0.15) is 0 Å². The molecule has 1 N–H and O–H groups in total. The fraction of sp³-hybridized carbons (Fsp3) is 0.308. The van der Waals surface area contributed by atoms with E-state index in [1.54, 1.807) is 19.5 Å². The van der Waals surface area contributed by atoms with E-state index in [0.29, 0.717) is 13.2 Å². The zero-order valence-electron chi connectivity index (χ0n) is 10.1. The van der Waals surface area contributed by atoms with E-state index in [2.05, 4.69) is 25.9 Å². The van der Waals surface area contributed by atoms with Gasteiger partial charge in [-0.3, -0.25) is 0 Å². The molecule has 0 amide bonds. The van der Waals surface area contributed by atoms with Crippen molar-refractivity contribution in [2.24, 2.45) is 0 Å². The molecule has 2 aromatic rings. The second-order valence-corrected chi connectivity index (χ2v) is 4.74. The normalized spacial score (nSPS) is 12.6. The lowest BCUT2D eigenvalue weighted by Gasteiger charge is -2.15. The molecule has 2 rings (SSSR count). The number of aromatic nitrogens is 2. The van der Waals surface area contributed by atoms with Gasteiger partial charge in [0.1, 0.15) is 18.5 Å². The van der Waals surface area contributed by atoms with Crippen LogP contribution in [0.1, 0.15) is 17.5 Å². The van der Waals surface area contributed by atoms with Crippen molar-refractivity contribution in [1.82, 2.24) is 9.97 Å². The number of hydrogen-bond acceptors (Lipinski definition) is 3. The number of imidazole rings is 1. The van der Waals surface area contributed by atoms with Gasteiger partial charge >= 0.3 is 0 Å². The minimum atomic E-state index is -0.0620. The Balaban J connectivity index is 1.87. The smallest absolute Gasteiger partial charge is 0.132 e. The van der Waals surface area contributed by atoms with Crippen LogP contribution in [-0.4, -0.2) is 23.7 Å². The van der Waals surface area contributed by atoms with Crippen LogP contribution in [0.4, 0.5) is 0 Å². The summed E-state index contributed by atoms with van der Waals surface area (Å²) in [7, 11) is 1.68. The first-order valence-electron chi connectivity index (χ1n) is 5.64. The third-order valence-electron chi connectivity index (χ3n) is 2.59. The summed E-state index contributed by atoms with van der Waals surface area (Å²) >= 11 is 3.41. The number of ether oxygens (including phenoxy) is 2. The molecule has 5 heteroatoms. The van der Waals surface area contributed by atoms with Gasteiger partial charge in [0.05, 0.1) is 6.61 Å². The number of benzene rings is 1. The Labute approximate surface area is 114 Å². The Morgan fingerprint density at radius 1 is 1.33 bits per heavy atom. The molecule has 1 aromatic heterocycles. The van der Waals surface area contributed by atoms with Gasteiger partial charge in [0.2, 0.25) is 0 Å². The number of nitrogens with one attached hydrogen (secondary N) is 1. The highest BCUT2D eigenvalue weighted by Crippen LogP contribution is 2.20. The summed E-state index contributed by atoms with van der Waals surface area (Å²) in [6, 6.07) is 8.03. The number of hydrogen-bond donors (Lipinski definition) is 1. The van der Waals surface area contributed by atoms with E-state index in [-0.39, 0.29) is 6.10 Å². The Bertz CT molecular complexity index is 456. The summed E-state index contributed by atoms with van der Waals surface area (Å²) in [6.07, 6.45) is 3.43. The first-order valence-corrected chi connectivity index (χ1v) is 6.43. The predicted octanol–water partition coefficient (Wildman–Crippen LogP) is 3.08. The van der Waals surface area contributed by atoms with E-state index >= 15 is 0 Å². The van der Waals surface area contributed by atoms with Crippen LogP contribution in [0, 0.1) is 0 Å². The lowest BCUT2D eigenvalue weighted by Crippen LogP contribution is -2.10. The van der Waals surface area contributed by atoms with Gasteiger partial charge in [-0.15, -0.1) is 0 Å². The summed E-state index contributed by atoms with van der Waals surface area (Å²) < 4.78 is 12.1. The fourth-order valence-corrected chi connectivity index (χ4v) is 1.88. The van der Waals surface area contributed by atoms with Crippen LogP contribution in [0.15, 0.2) is 41.1 Å². The second kappa shape index (κ2) is 6.68. The number of nitrogens with zero attached hydrogens (tertiary/aromatic N) is 1. The number of aromatic amines is 1. The fourth-order valence-electron chi connectivity index (χ4n) is 1.62. The van der Waals surface area contributed by atoms with Crippen molar-refractivity contribution in [2.75, 3.05) is 13.7 Å². The van der Waals surface area contributed by atoms with Crippen molar-refractivity contribution < 1.29 is 9.47 Å². The Hall–Kier alpha value is -1.17. The van der Waals surface area contributed by atoms with Gasteiger partial charge in [-0.25, -0.2) is 4.98 Å². The summed E-state index contributed by atoms with van der Waals surface area (Å²) in [6.45, 7) is 0.961. The van der Waals surface area contributed by atoms with Gasteiger partial charge in [0.25, 0.3) is 0 Å². The average molecular weight is 311 g/mol. The molecule has 0 aliphatic heterocycles. The van der Waals surface area contributed by atoms with Gasteiger partial charge in [0, 0.05) is 24.0 Å². The first kappa shape index (κ1) is 13.3. The summed E-state index contributed by atoms with van der Waals surface area (Å²) in [4.78, 5) is 7.09. The molecular formula is C13H15BrN2O2. The molecule has 96 valence electrons. The molecule has 0 saturated heterocycles. The molecule has 0 aliphatic carbocycles. The second-order valence-electron chi connectivity index (χ2n) is 3.83. The van der Waals surface area contributed by atoms with Crippen LogP contribution in [0.25, 0.3) is 0 Å². The lowest BCUT2D eigenvalue weighted by atomic mass is 10.1. The minimum Gasteiger partial charge on any atom is -0.374 e. The monoisotopic (exact) mass is 310 g/mol. The van der Waals surface area contributed by atoms with Crippen molar-refractivity contribution in [3.8, 4) is 0 Å². The van der Waals surface area contributed by atoms with E-state index in [4.69, 9.17) is 9.47 Å². The van der Waals surface area contributed by atoms with E-state index < -0.39 is 0 Å². The predicted molar refractivity (Wildman–Crippen MR) is 72.1 cm³/mol. The van der Waals surface area contributed by atoms with E-state index in [1.165, 1.54) is 0 Å². The van der Waals surface area contributed by atoms with Crippen LogP contribution in [0.5, 0.6) is 0 Å². The molecular weight excluding hydrogens is 296 g/mol. The maximum atomic E-state index is 5.59. The van der Waals surface area contributed by atoms with E-state index in [1.807, 2.05) is 24.3 Å². The molecule has 0 bridgehead atoms. The highest BCUT2D eigenvalue weighted by Gasteiger charge is 2.10. The molecule has 1 atom stereocenters. The van der Waals surface area contributed by atoms with Gasteiger partial charge in [-0.05, 0) is 17.7 Å². The Kier molecular flexibility index (Phi) is 4.92. The highest BCUT2D eigenvalue weighted by molar-refractivity contribution is 9.10. The molecule has 1 aromatic carbocycles. The van der Waals surface area contributed by atoms with E-state index in [9.17, 15) is 0 Å². The number of halogens is 1. The van der Waals surface area contributed by atoms with Gasteiger partial charge in [0.15, 0.2) is 0 Å². The third kappa shape index (κ3) is 3.66. The molecule has 0 fully saturated rings. The van der Waals surface area contributed by atoms with Crippen LogP contribution in [0.2, 0.25) is 0 Å². The molecule has 1 unspecified atom stereocenters. The molecule has 0 saturated carbocycles. The zero-order valence-corrected chi connectivity index (χ0v) is 11.7. The van der Waals surface area contributed by atoms with Crippen molar-refractivity contribution in [3.63, 3.8) is 0 Å². The molecule has 4 nitrogen and oxygen atoms in total. The molecule has 1 heterocycles. The SMILES string of the molecule is COC(COCc1ncc[nH]1)c1ccc(Br)cc1. The number of rotatable bonds is 6. The largest absolute Gasteiger partial charge is 0.374 e. The van der Waals surface area contributed by atoms with Crippen LogP contribution in [0.3, 0.4) is 0 Å². The maximum absolute atomic E-state index is 5.59. The molecule has 18 heavy (non-hydrogen) atoms. The van der Waals surface area contributed by atoms with Crippen LogP contribution in [-0.2, 0) is 16.1 Å². The van der Waals surface area contributed by atoms with Crippen LogP contribution < -0.4 is 0 Å². The van der Waals surface area contributed by atoms with Crippen molar-refractivity contribution in [2.45, 2.75) is 12.7 Å².